The van der Waals surface area contributed by atoms with Gasteiger partial charge in [-0.15, -0.1) is 0 Å². The third-order valence-corrected chi connectivity index (χ3v) is 6.56. The molecular formula is C24H38N2O. The van der Waals surface area contributed by atoms with Gasteiger partial charge in [0.2, 0.25) is 5.91 Å². The summed E-state index contributed by atoms with van der Waals surface area (Å²) in [5.74, 6) is 2.41. The van der Waals surface area contributed by atoms with E-state index in [2.05, 4.69) is 54.0 Å². The molecular weight excluding hydrogens is 332 g/mol. The SMILES string of the molecule is CC1CCN(CC2CCCN(C(=O)CC(C)CCc3ccccc3)C2)CC1. The summed E-state index contributed by atoms with van der Waals surface area (Å²) in [5, 5.41) is 0. The van der Waals surface area contributed by atoms with E-state index in [-0.39, 0.29) is 0 Å². The van der Waals surface area contributed by atoms with Gasteiger partial charge in [0.25, 0.3) is 0 Å². The largest absolute Gasteiger partial charge is 0.342 e. The van der Waals surface area contributed by atoms with Crippen LogP contribution in [-0.2, 0) is 11.2 Å². The molecule has 0 aromatic heterocycles. The lowest BCUT2D eigenvalue weighted by atomic mass is 9.93. The first kappa shape index (κ1) is 20.4. The van der Waals surface area contributed by atoms with Gasteiger partial charge in [-0.1, -0.05) is 44.2 Å². The molecule has 150 valence electrons. The number of rotatable bonds is 7. The zero-order valence-electron chi connectivity index (χ0n) is 17.4. The molecule has 0 N–H and O–H groups in total. The van der Waals surface area contributed by atoms with Crippen molar-refractivity contribution in [2.75, 3.05) is 32.7 Å². The first-order valence-electron chi connectivity index (χ1n) is 11.1. The van der Waals surface area contributed by atoms with Crippen molar-refractivity contribution in [2.45, 2.75) is 58.8 Å². The fourth-order valence-corrected chi connectivity index (χ4v) is 4.64. The van der Waals surface area contributed by atoms with E-state index < -0.39 is 0 Å². The van der Waals surface area contributed by atoms with Crippen LogP contribution < -0.4 is 0 Å². The van der Waals surface area contributed by atoms with E-state index in [4.69, 9.17) is 0 Å². The maximum atomic E-state index is 12.8. The smallest absolute Gasteiger partial charge is 0.222 e. The summed E-state index contributed by atoms with van der Waals surface area (Å²) < 4.78 is 0. The van der Waals surface area contributed by atoms with Crippen LogP contribution in [0.5, 0.6) is 0 Å². The lowest BCUT2D eigenvalue weighted by Gasteiger charge is -2.38. The molecule has 2 unspecified atom stereocenters. The molecule has 0 aliphatic carbocycles. The molecule has 1 aromatic carbocycles. The van der Waals surface area contributed by atoms with Crippen molar-refractivity contribution in [3.8, 4) is 0 Å². The molecule has 2 aliphatic rings. The van der Waals surface area contributed by atoms with Crippen LogP contribution in [0, 0.1) is 17.8 Å². The Hall–Kier alpha value is -1.35. The number of hydrogen-bond donors (Lipinski definition) is 0. The Morgan fingerprint density at radius 3 is 2.59 bits per heavy atom. The predicted octanol–water partition coefficient (Wildman–Crippen LogP) is 4.62. The Balaban J connectivity index is 1.39. The summed E-state index contributed by atoms with van der Waals surface area (Å²) in [6.07, 6.45) is 8.03. The van der Waals surface area contributed by atoms with Gasteiger partial charge in [0.05, 0.1) is 0 Å². The molecule has 3 heteroatoms. The van der Waals surface area contributed by atoms with Crippen LogP contribution in [0.4, 0.5) is 0 Å². The highest BCUT2D eigenvalue weighted by Gasteiger charge is 2.27. The Bertz CT molecular complexity index is 565. The summed E-state index contributed by atoms with van der Waals surface area (Å²) in [6.45, 7) is 10.3. The van der Waals surface area contributed by atoms with Crippen molar-refractivity contribution < 1.29 is 4.79 Å². The Morgan fingerprint density at radius 1 is 1.11 bits per heavy atom. The molecule has 0 saturated carbocycles. The maximum absolute atomic E-state index is 12.8. The quantitative estimate of drug-likeness (QED) is 0.699. The summed E-state index contributed by atoms with van der Waals surface area (Å²) in [6, 6.07) is 10.6. The molecule has 2 saturated heterocycles. The average molecular weight is 371 g/mol. The molecule has 3 rings (SSSR count). The van der Waals surface area contributed by atoms with Crippen LogP contribution in [0.1, 0.15) is 57.9 Å². The van der Waals surface area contributed by atoms with Gasteiger partial charge in [-0.2, -0.15) is 0 Å². The third kappa shape index (κ3) is 6.64. The molecule has 1 aromatic rings. The molecule has 0 bridgehead atoms. The highest BCUT2D eigenvalue weighted by Crippen LogP contribution is 2.23. The summed E-state index contributed by atoms with van der Waals surface area (Å²) >= 11 is 0. The molecule has 2 aliphatic heterocycles. The van der Waals surface area contributed by atoms with Crippen molar-refractivity contribution in [1.29, 1.82) is 0 Å². The molecule has 2 atom stereocenters. The van der Waals surface area contributed by atoms with E-state index in [1.54, 1.807) is 0 Å². The number of amides is 1. The second kappa shape index (κ2) is 10.3. The van der Waals surface area contributed by atoms with Gasteiger partial charge in [0.15, 0.2) is 0 Å². The van der Waals surface area contributed by atoms with Gasteiger partial charge in [-0.3, -0.25) is 4.79 Å². The summed E-state index contributed by atoms with van der Waals surface area (Å²) in [7, 11) is 0. The van der Waals surface area contributed by atoms with Crippen LogP contribution in [0.25, 0.3) is 0 Å². The third-order valence-electron chi connectivity index (χ3n) is 6.56. The number of carbonyl (C=O) groups excluding carboxylic acids is 1. The molecule has 1 amide bonds. The minimum Gasteiger partial charge on any atom is -0.342 e. The van der Waals surface area contributed by atoms with Gasteiger partial charge in [-0.05, 0) is 74.9 Å². The van der Waals surface area contributed by atoms with Gasteiger partial charge in [0.1, 0.15) is 0 Å². The van der Waals surface area contributed by atoms with Crippen LogP contribution in [0.2, 0.25) is 0 Å². The van der Waals surface area contributed by atoms with Gasteiger partial charge >= 0.3 is 0 Å². The molecule has 3 nitrogen and oxygen atoms in total. The monoisotopic (exact) mass is 370 g/mol. The predicted molar refractivity (Wildman–Crippen MR) is 113 cm³/mol. The first-order valence-corrected chi connectivity index (χ1v) is 11.1. The Kier molecular flexibility index (Phi) is 7.75. The number of piperidine rings is 2. The van der Waals surface area contributed by atoms with Crippen molar-refractivity contribution in [2.24, 2.45) is 17.8 Å². The average Bonchev–Trinajstić information content (AvgIpc) is 2.69. The zero-order valence-corrected chi connectivity index (χ0v) is 17.4. The van der Waals surface area contributed by atoms with Crippen molar-refractivity contribution in [3.63, 3.8) is 0 Å². The number of benzene rings is 1. The number of hydrogen-bond acceptors (Lipinski definition) is 2. The van der Waals surface area contributed by atoms with E-state index in [9.17, 15) is 4.79 Å². The first-order chi connectivity index (χ1) is 13.1. The van der Waals surface area contributed by atoms with Crippen molar-refractivity contribution in [3.05, 3.63) is 35.9 Å². The fourth-order valence-electron chi connectivity index (χ4n) is 4.64. The number of carbonyl (C=O) groups is 1. The van der Waals surface area contributed by atoms with E-state index in [1.807, 2.05) is 0 Å². The number of aryl methyl sites for hydroxylation is 1. The molecule has 2 heterocycles. The van der Waals surface area contributed by atoms with Gasteiger partial charge in [-0.25, -0.2) is 0 Å². The number of likely N-dealkylation sites (tertiary alicyclic amines) is 2. The van der Waals surface area contributed by atoms with E-state index in [1.165, 1.54) is 50.9 Å². The second-order valence-electron chi connectivity index (χ2n) is 9.16. The maximum Gasteiger partial charge on any atom is 0.222 e. The van der Waals surface area contributed by atoms with Crippen LogP contribution in [0.15, 0.2) is 30.3 Å². The molecule has 0 spiro atoms. The standard InChI is InChI=1S/C24H38N2O/c1-20-12-15-25(16-13-20)18-23-9-6-14-26(19-23)24(27)17-21(2)10-11-22-7-4-3-5-8-22/h3-5,7-8,20-21,23H,6,9-19H2,1-2H3. The minimum absolute atomic E-state index is 0.382. The highest BCUT2D eigenvalue weighted by atomic mass is 16.2. The van der Waals surface area contributed by atoms with Crippen LogP contribution >= 0.6 is 0 Å². The van der Waals surface area contributed by atoms with E-state index >= 15 is 0 Å². The van der Waals surface area contributed by atoms with Crippen molar-refractivity contribution >= 4 is 5.91 Å². The second-order valence-corrected chi connectivity index (χ2v) is 9.16. The van der Waals surface area contributed by atoms with Gasteiger partial charge in [0, 0.05) is 26.1 Å². The van der Waals surface area contributed by atoms with Crippen LogP contribution in [0.3, 0.4) is 0 Å². The Morgan fingerprint density at radius 2 is 1.85 bits per heavy atom. The summed E-state index contributed by atoms with van der Waals surface area (Å²) in [5.41, 5.74) is 1.38. The highest BCUT2D eigenvalue weighted by molar-refractivity contribution is 5.76. The van der Waals surface area contributed by atoms with E-state index in [0.717, 1.165) is 31.8 Å². The topological polar surface area (TPSA) is 23.6 Å². The molecule has 27 heavy (non-hydrogen) atoms. The zero-order chi connectivity index (χ0) is 19.1. The van der Waals surface area contributed by atoms with Crippen molar-refractivity contribution in [1.82, 2.24) is 9.80 Å². The Labute approximate surface area is 166 Å². The fraction of sp³-hybridized carbons (Fsp3) is 0.708. The minimum atomic E-state index is 0.382. The van der Waals surface area contributed by atoms with E-state index in [0.29, 0.717) is 24.2 Å². The molecule has 2 fully saturated rings. The van der Waals surface area contributed by atoms with Gasteiger partial charge < -0.3 is 9.80 Å². The van der Waals surface area contributed by atoms with Crippen LogP contribution in [-0.4, -0.2) is 48.4 Å². The lowest BCUT2D eigenvalue weighted by molar-refractivity contribution is -0.134. The number of nitrogens with zero attached hydrogens (tertiary/aromatic N) is 2. The lowest BCUT2D eigenvalue weighted by Crippen LogP contribution is -2.45. The molecule has 0 radical (unpaired) electrons. The summed E-state index contributed by atoms with van der Waals surface area (Å²) in [4.78, 5) is 17.6. The normalized spacial score (nSPS) is 23.3.